The van der Waals surface area contributed by atoms with Gasteiger partial charge in [0.2, 0.25) is 5.76 Å². The van der Waals surface area contributed by atoms with Gasteiger partial charge in [0.05, 0.1) is 12.2 Å². The maximum atomic E-state index is 13.7. The number of carboxylic acid groups (broad SMARTS) is 1. The topological polar surface area (TPSA) is 62.5 Å². The lowest BCUT2D eigenvalue weighted by atomic mass is 10.2. The van der Waals surface area contributed by atoms with Crippen LogP contribution in [0, 0.1) is 12.7 Å². The number of hydrogen-bond acceptors (Lipinski definition) is 3. The number of carboxylic acids is 1. The standard InChI is InChI=1S/C13H12FNO3/c1-8-3-2-4-10(12(8)14)15-7-9-5-6-11(18-9)13(16)17/h2-6,15H,7H2,1H3,(H,16,17). The van der Waals surface area contributed by atoms with Crippen LogP contribution in [-0.4, -0.2) is 11.1 Å². The van der Waals surface area contributed by atoms with Crippen molar-refractivity contribution < 1.29 is 18.7 Å². The lowest BCUT2D eigenvalue weighted by Crippen LogP contribution is -2.01. The predicted octanol–water partition coefficient (Wildman–Crippen LogP) is 3.04. The molecule has 1 heterocycles. The van der Waals surface area contributed by atoms with E-state index in [9.17, 15) is 9.18 Å². The average molecular weight is 249 g/mol. The van der Waals surface area contributed by atoms with E-state index >= 15 is 0 Å². The second-order valence-electron chi connectivity index (χ2n) is 3.86. The Morgan fingerprint density at radius 2 is 2.17 bits per heavy atom. The molecule has 1 aromatic heterocycles. The van der Waals surface area contributed by atoms with Crippen LogP contribution in [0.15, 0.2) is 34.7 Å². The first kappa shape index (κ1) is 12.2. The van der Waals surface area contributed by atoms with Gasteiger partial charge >= 0.3 is 5.97 Å². The van der Waals surface area contributed by atoms with E-state index in [1.807, 2.05) is 0 Å². The van der Waals surface area contributed by atoms with Crippen molar-refractivity contribution in [3.8, 4) is 0 Å². The highest BCUT2D eigenvalue weighted by molar-refractivity contribution is 5.84. The first-order valence-electron chi connectivity index (χ1n) is 5.39. The van der Waals surface area contributed by atoms with E-state index in [0.29, 0.717) is 17.0 Å². The first-order valence-corrected chi connectivity index (χ1v) is 5.39. The minimum atomic E-state index is -1.12. The van der Waals surface area contributed by atoms with Gasteiger partial charge in [-0.2, -0.15) is 0 Å². The molecule has 0 aliphatic heterocycles. The minimum absolute atomic E-state index is 0.128. The van der Waals surface area contributed by atoms with Crippen molar-refractivity contribution in [2.24, 2.45) is 0 Å². The Hall–Kier alpha value is -2.30. The van der Waals surface area contributed by atoms with Crippen LogP contribution >= 0.6 is 0 Å². The van der Waals surface area contributed by atoms with E-state index in [1.54, 1.807) is 31.2 Å². The SMILES string of the molecule is Cc1cccc(NCc2ccc(C(=O)O)o2)c1F. The van der Waals surface area contributed by atoms with E-state index in [1.165, 1.54) is 6.07 Å². The number of aromatic carboxylic acids is 1. The highest BCUT2D eigenvalue weighted by Gasteiger charge is 2.09. The molecule has 0 aliphatic carbocycles. The zero-order valence-corrected chi connectivity index (χ0v) is 9.74. The van der Waals surface area contributed by atoms with Gasteiger partial charge in [-0.25, -0.2) is 9.18 Å². The Kier molecular flexibility index (Phi) is 3.32. The maximum absolute atomic E-state index is 13.7. The van der Waals surface area contributed by atoms with Gasteiger partial charge < -0.3 is 14.8 Å². The predicted molar refractivity (Wildman–Crippen MR) is 64.1 cm³/mol. The van der Waals surface area contributed by atoms with Crippen molar-refractivity contribution in [1.29, 1.82) is 0 Å². The Balaban J connectivity index is 2.07. The van der Waals surface area contributed by atoms with Gasteiger partial charge in [-0.3, -0.25) is 0 Å². The molecule has 0 unspecified atom stereocenters. The molecule has 18 heavy (non-hydrogen) atoms. The summed E-state index contributed by atoms with van der Waals surface area (Å²) in [7, 11) is 0. The number of hydrogen-bond donors (Lipinski definition) is 2. The summed E-state index contributed by atoms with van der Waals surface area (Å²) in [6, 6.07) is 7.95. The van der Waals surface area contributed by atoms with Crippen LogP contribution in [0.4, 0.5) is 10.1 Å². The summed E-state index contributed by atoms with van der Waals surface area (Å²) in [5.74, 6) is -1.13. The van der Waals surface area contributed by atoms with Gasteiger partial charge in [0.25, 0.3) is 0 Å². The summed E-state index contributed by atoms with van der Waals surface area (Å²) >= 11 is 0. The van der Waals surface area contributed by atoms with Gasteiger partial charge in [0.15, 0.2) is 0 Å². The van der Waals surface area contributed by atoms with Crippen LogP contribution in [0.1, 0.15) is 21.9 Å². The first-order chi connectivity index (χ1) is 8.58. The summed E-state index contributed by atoms with van der Waals surface area (Å²) < 4.78 is 18.7. The fraction of sp³-hybridized carbons (Fsp3) is 0.154. The van der Waals surface area contributed by atoms with E-state index in [4.69, 9.17) is 9.52 Å². The highest BCUT2D eigenvalue weighted by atomic mass is 19.1. The monoisotopic (exact) mass is 249 g/mol. The number of nitrogens with one attached hydrogen (secondary N) is 1. The Labute approximate surface area is 103 Å². The Bertz CT molecular complexity index is 577. The van der Waals surface area contributed by atoms with E-state index in [2.05, 4.69) is 5.32 Å². The molecular formula is C13H12FNO3. The smallest absolute Gasteiger partial charge is 0.371 e. The quantitative estimate of drug-likeness (QED) is 0.874. The molecule has 5 heteroatoms. The second kappa shape index (κ2) is 4.91. The number of halogens is 1. The molecule has 0 radical (unpaired) electrons. The molecule has 0 bridgehead atoms. The number of benzene rings is 1. The Morgan fingerprint density at radius 3 is 2.83 bits per heavy atom. The van der Waals surface area contributed by atoms with Crippen molar-refractivity contribution >= 4 is 11.7 Å². The van der Waals surface area contributed by atoms with Crippen LogP contribution in [0.3, 0.4) is 0 Å². The molecule has 2 aromatic rings. The van der Waals surface area contributed by atoms with Gasteiger partial charge in [-0.15, -0.1) is 0 Å². The van der Waals surface area contributed by atoms with Gasteiger partial charge in [0.1, 0.15) is 11.6 Å². The average Bonchev–Trinajstić information content (AvgIpc) is 2.80. The fourth-order valence-electron chi connectivity index (χ4n) is 1.55. The van der Waals surface area contributed by atoms with Crippen molar-refractivity contribution in [3.05, 3.63) is 53.2 Å². The number of rotatable bonds is 4. The molecule has 0 aliphatic rings. The third kappa shape index (κ3) is 2.51. The largest absolute Gasteiger partial charge is 0.475 e. The van der Waals surface area contributed by atoms with Crippen molar-refractivity contribution in [1.82, 2.24) is 0 Å². The molecule has 2 rings (SSSR count). The molecule has 0 saturated carbocycles. The van der Waals surface area contributed by atoms with Crippen molar-refractivity contribution in [2.75, 3.05) is 5.32 Å². The van der Waals surface area contributed by atoms with E-state index in [0.717, 1.165) is 0 Å². The molecule has 1 aromatic carbocycles. The van der Waals surface area contributed by atoms with Gasteiger partial charge in [0, 0.05) is 0 Å². The van der Waals surface area contributed by atoms with Crippen LogP contribution in [0.2, 0.25) is 0 Å². The second-order valence-corrected chi connectivity index (χ2v) is 3.86. The van der Waals surface area contributed by atoms with Crippen LogP contribution in [0.25, 0.3) is 0 Å². The number of aryl methyl sites for hydroxylation is 1. The summed E-state index contributed by atoms with van der Waals surface area (Å²) in [6.45, 7) is 1.91. The summed E-state index contributed by atoms with van der Waals surface area (Å²) in [6.07, 6.45) is 0. The summed E-state index contributed by atoms with van der Waals surface area (Å²) in [4.78, 5) is 10.6. The summed E-state index contributed by atoms with van der Waals surface area (Å²) in [5.41, 5.74) is 0.911. The van der Waals surface area contributed by atoms with Gasteiger partial charge in [-0.05, 0) is 30.7 Å². The van der Waals surface area contributed by atoms with Crippen LogP contribution < -0.4 is 5.32 Å². The molecular weight excluding hydrogens is 237 g/mol. The third-order valence-corrected chi connectivity index (χ3v) is 2.52. The zero-order chi connectivity index (χ0) is 13.1. The molecule has 94 valence electrons. The molecule has 2 N–H and O–H groups in total. The highest BCUT2D eigenvalue weighted by Crippen LogP contribution is 2.18. The molecule has 0 fully saturated rings. The Morgan fingerprint density at radius 1 is 1.39 bits per heavy atom. The number of furan rings is 1. The fourth-order valence-corrected chi connectivity index (χ4v) is 1.55. The molecule has 0 saturated heterocycles. The molecule has 0 atom stereocenters. The molecule has 0 amide bonds. The van der Waals surface area contributed by atoms with Crippen LogP contribution in [-0.2, 0) is 6.54 Å². The summed E-state index contributed by atoms with van der Waals surface area (Å²) in [5, 5.41) is 11.6. The van der Waals surface area contributed by atoms with E-state index in [-0.39, 0.29) is 18.1 Å². The molecule has 4 nitrogen and oxygen atoms in total. The minimum Gasteiger partial charge on any atom is -0.475 e. The van der Waals surface area contributed by atoms with E-state index < -0.39 is 5.97 Å². The maximum Gasteiger partial charge on any atom is 0.371 e. The number of carbonyl (C=O) groups is 1. The van der Waals surface area contributed by atoms with Crippen molar-refractivity contribution in [2.45, 2.75) is 13.5 Å². The van der Waals surface area contributed by atoms with Crippen molar-refractivity contribution in [3.63, 3.8) is 0 Å². The molecule has 0 spiro atoms. The lowest BCUT2D eigenvalue weighted by Gasteiger charge is -2.07. The zero-order valence-electron chi connectivity index (χ0n) is 9.74. The van der Waals surface area contributed by atoms with Gasteiger partial charge in [-0.1, -0.05) is 12.1 Å². The lowest BCUT2D eigenvalue weighted by molar-refractivity contribution is 0.0660. The van der Waals surface area contributed by atoms with Crippen LogP contribution in [0.5, 0.6) is 0 Å². The third-order valence-electron chi connectivity index (χ3n) is 2.52. The normalized spacial score (nSPS) is 10.3. The number of anilines is 1.